The molecule has 0 aromatic heterocycles. The van der Waals surface area contributed by atoms with Crippen LogP contribution in [0.4, 0.5) is 4.79 Å². The zero-order valence-electron chi connectivity index (χ0n) is 11.6. The molecular weight excluding hydrogens is 246 g/mol. The van der Waals surface area contributed by atoms with Gasteiger partial charge in [0, 0.05) is 19.1 Å². The second-order valence-corrected chi connectivity index (χ2v) is 6.26. The lowest BCUT2D eigenvalue weighted by atomic mass is 9.84. The van der Waals surface area contributed by atoms with Crippen LogP contribution in [0.5, 0.6) is 0 Å². The quantitative estimate of drug-likeness (QED) is 0.694. The van der Waals surface area contributed by atoms with Gasteiger partial charge >= 0.3 is 12.0 Å². The number of aliphatic carboxylic acids is 1. The summed E-state index contributed by atoms with van der Waals surface area (Å²) in [5.41, 5.74) is -0.938. The van der Waals surface area contributed by atoms with E-state index in [1.807, 2.05) is 0 Å². The molecule has 3 fully saturated rings. The van der Waals surface area contributed by atoms with Crippen LogP contribution >= 0.6 is 0 Å². The highest BCUT2D eigenvalue weighted by atomic mass is 16.4. The molecule has 3 N–H and O–H groups in total. The number of carbonyl (C=O) groups is 2. The standard InChI is InChI=1S/C13H23N3O3/c1-13(2,11(17)18)8-14-12(19)15-10-7-16-5-3-9(10)4-6-16/h9-10H,3-8H2,1-2H3,(H,17,18)(H2,14,15,19). The van der Waals surface area contributed by atoms with Crippen LogP contribution in [0.15, 0.2) is 0 Å². The van der Waals surface area contributed by atoms with Crippen molar-refractivity contribution < 1.29 is 14.7 Å². The molecular formula is C13H23N3O3. The summed E-state index contributed by atoms with van der Waals surface area (Å²) in [4.78, 5) is 25.1. The molecule has 0 radical (unpaired) electrons. The van der Waals surface area contributed by atoms with E-state index in [0.717, 1.165) is 32.5 Å². The second-order valence-electron chi connectivity index (χ2n) is 6.26. The fourth-order valence-electron chi connectivity index (χ4n) is 2.72. The number of urea groups is 1. The van der Waals surface area contributed by atoms with E-state index in [0.29, 0.717) is 5.92 Å². The highest BCUT2D eigenvalue weighted by molar-refractivity contribution is 5.77. The molecule has 6 heteroatoms. The molecule has 3 rings (SSSR count). The maximum absolute atomic E-state index is 11.8. The van der Waals surface area contributed by atoms with Gasteiger partial charge in [0.15, 0.2) is 0 Å². The molecule has 0 aromatic rings. The average Bonchev–Trinajstić information content (AvgIpc) is 2.38. The molecule has 19 heavy (non-hydrogen) atoms. The smallest absolute Gasteiger partial charge is 0.315 e. The number of fused-ring (bicyclic) bond motifs is 3. The summed E-state index contributed by atoms with van der Waals surface area (Å²) in [6.45, 7) is 6.52. The average molecular weight is 269 g/mol. The van der Waals surface area contributed by atoms with Gasteiger partial charge in [0.1, 0.15) is 0 Å². The molecule has 0 saturated carbocycles. The molecule has 3 aliphatic heterocycles. The summed E-state index contributed by atoms with van der Waals surface area (Å²) in [5.74, 6) is -0.334. The van der Waals surface area contributed by atoms with Crippen LogP contribution in [0, 0.1) is 11.3 Å². The fourth-order valence-corrected chi connectivity index (χ4v) is 2.72. The summed E-state index contributed by atoms with van der Waals surface area (Å²) < 4.78 is 0. The van der Waals surface area contributed by atoms with Gasteiger partial charge in [-0.3, -0.25) is 4.79 Å². The van der Waals surface area contributed by atoms with E-state index in [9.17, 15) is 9.59 Å². The van der Waals surface area contributed by atoms with Gasteiger partial charge < -0.3 is 20.6 Å². The first-order chi connectivity index (χ1) is 8.88. The summed E-state index contributed by atoms with van der Waals surface area (Å²) in [6.07, 6.45) is 2.29. The first-order valence-corrected chi connectivity index (χ1v) is 6.88. The van der Waals surface area contributed by atoms with Gasteiger partial charge in [-0.2, -0.15) is 0 Å². The second kappa shape index (κ2) is 5.36. The van der Waals surface area contributed by atoms with Crippen molar-refractivity contribution in [1.29, 1.82) is 0 Å². The molecule has 2 bridgehead atoms. The molecule has 0 spiro atoms. The lowest BCUT2D eigenvalue weighted by molar-refractivity contribution is -0.146. The zero-order valence-corrected chi connectivity index (χ0v) is 11.6. The SMILES string of the molecule is CC(C)(CNC(=O)NC1CN2CCC1CC2)C(=O)O. The first kappa shape index (κ1) is 14.1. The van der Waals surface area contributed by atoms with Crippen molar-refractivity contribution in [2.24, 2.45) is 11.3 Å². The number of amides is 2. The minimum absolute atomic E-state index is 0.134. The lowest BCUT2D eigenvalue weighted by Gasteiger charge is -2.44. The monoisotopic (exact) mass is 269 g/mol. The first-order valence-electron chi connectivity index (χ1n) is 6.88. The van der Waals surface area contributed by atoms with Crippen molar-refractivity contribution in [2.45, 2.75) is 32.7 Å². The van der Waals surface area contributed by atoms with Gasteiger partial charge in [0.05, 0.1) is 5.41 Å². The number of carbonyl (C=O) groups excluding carboxylic acids is 1. The number of carboxylic acid groups (broad SMARTS) is 1. The molecule has 0 aromatic carbocycles. The zero-order chi connectivity index (χ0) is 14.0. The van der Waals surface area contributed by atoms with E-state index < -0.39 is 11.4 Å². The summed E-state index contributed by atoms with van der Waals surface area (Å²) in [7, 11) is 0. The number of piperidine rings is 3. The molecule has 1 unspecified atom stereocenters. The maximum atomic E-state index is 11.8. The van der Waals surface area contributed by atoms with Crippen molar-refractivity contribution in [3.8, 4) is 0 Å². The molecule has 2 amide bonds. The minimum Gasteiger partial charge on any atom is -0.481 e. The van der Waals surface area contributed by atoms with Crippen LogP contribution in [0.1, 0.15) is 26.7 Å². The van der Waals surface area contributed by atoms with Crippen LogP contribution in [0.3, 0.4) is 0 Å². The molecule has 3 aliphatic rings. The summed E-state index contributed by atoms with van der Waals surface area (Å²) >= 11 is 0. The van der Waals surface area contributed by atoms with Gasteiger partial charge in [-0.25, -0.2) is 4.79 Å². The Hall–Kier alpha value is -1.30. The highest BCUT2D eigenvalue weighted by Gasteiger charge is 2.35. The molecule has 1 atom stereocenters. The Morgan fingerprint density at radius 3 is 2.42 bits per heavy atom. The Morgan fingerprint density at radius 1 is 1.32 bits per heavy atom. The van der Waals surface area contributed by atoms with Crippen LogP contribution in [0.25, 0.3) is 0 Å². The predicted octanol–water partition coefficient (Wildman–Crippen LogP) is 0.491. The number of nitrogens with one attached hydrogen (secondary N) is 2. The van der Waals surface area contributed by atoms with Crippen molar-refractivity contribution in [2.75, 3.05) is 26.2 Å². The van der Waals surface area contributed by atoms with E-state index in [2.05, 4.69) is 15.5 Å². The topological polar surface area (TPSA) is 81.7 Å². The third-order valence-corrected chi connectivity index (χ3v) is 4.24. The van der Waals surface area contributed by atoms with E-state index in [4.69, 9.17) is 5.11 Å². The Kier molecular flexibility index (Phi) is 3.99. The van der Waals surface area contributed by atoms with Gasteiger partial charge in [-0.1, -0.05) is 0 Å². The van der Waals surface area contributed by atoms with Gasteiger partial charge in [0.25, 0.3) is 0 Å². The number of hydrogen-bond acceptors (Lipinski definition) is 3. The van der Waals surface area contributed by atoms with Crippen LogP contribution in [-0.4, -0.2) is 54.2 Å². The molecule has 108 valence electrons. The normalized spacial score (nSPS) is 29.9. The Labute approximate surface area is 113 Å². The van der Waals surface area contributed by atoms with Crippen LogP contribution in [-0.2, 0) is 4.79 Å². The van der Waals surface area contributed by atoms with E-state index in [-0.39, 0.29) is 18.6 Å². The Balaban J connectivity index is 1.77. The van der Waals surface area contributed by atoms with Gasteiger partial charge in [-0.15, -0.1) is 0 Å². The summed E-state index contributed by atoms with van der Waals surface area (Å²) in [5, 5.41) is 14.6. The van der Waals surface area contributed by atoms with E-state index in [1.54, 1.807) is 13.8 Å². The molecule has 6 nitrogen and oxygen atoms in total. The highest BCUT2D eigenvalue weighted by Crippen LogP contribution is 2.27. The van der Waals surface area contributed by atoms with Gasteiger partial charge in [-0.05, 0) is 45.7 Å². The number of rotatable bonds is 4. The minimum atomic E-state index is -0.938. The van der Waals surface area contributed by atoms with Gasteiger partial charge in [0.2, 0.25) is 0 Å². The van der Waals surface area contributed by atoms with Crippen LogP contribution < -0.4 is 10.6 Å². The predicted molar refractivity (Wildman–Crippen MR) is 70.9 cm³/mol. The number of nitrogens with zero attached hydrogens (tertiary/aromatic N) is 1. The Morgan fingerprint density at radius 2 is 1.95 bits per heavy atom. The van der Waals surface area contributed by atoms with Crippen molar-refractivity contribution in [3.05, 3.63) is 0 Å². The number of carboxylic acids is 1. The van der Waals surface area contributed by atoms with E-state index in [1.165, 1.54) is 0 Å². The summed E-state index contributed by atoms with van der Waals surface area (Å²) in [6, 6.07) is -0.0523. The largest absolute Gasteiger partial charge is 0.481 e. The lowest BCUT2D eigenvalue weighted by Crippen LogP contribution is -2.59. The maximum Gasteiger partial charge on any atom is 0.315 e. The number of hydrogen-bond donors (Lipinski definition) is 3. The molecule has 0 aliphatic carbocycles. The van der Waals surface area contributed by atoms with Crippen LogP contribution in [0.2, 0.25) is 0 Å². The molecule has 3 heterocycles. The third-order valence-electron chi connectivity index (χ3n) is 4.24. The van der Waals surface area contributed by atoms with Crippen molar-refractivity contribution >= 4 is 12.0 Å². The van der Waals surface area contributed by atoms with Crippen molar-refractivity contribution in [1.82, 2.24) is 15.5 Å². The Bertz CT molecular complexity index is 362. The van der Waals surface area contributed by atoms with Crippen molar-refractivity contribution in [3.63, 3.8) is 0 Å². The third kappa shape index (κ3) is 3.37. The molecule has 3 saturated heterocycles. The fraction of sp³-hybridized carbons (Fsp3) is 0.846. The van der Waals surface area contributed by atoms with E-state index >= 15 is 0 Å².